The summed E-state index contributed by atoms with van der Waals surface area (Å²) in [6, 6.07) is 8.02. The Hall–Kier alpha value is 0.0700. The molecule has 1 N–H and O–H groups in total. The van der Waals surface area contributed by atoms with Crippen LogP contribution >= 0.6 is 102 Å². The van der Waals surface area contributed by atoms with Crippen molar-refractivity contribution in [2.45, 2.75) is 64.2 Å². The number of Topliss-reactive ketones (excluding diaryl/α,β-unsaturated/α-hetero) is 2. The number of phenols is 1. The second-order valence-corrected chi connectivity index (χ2v) is 15.1. The fourth-order valence-corrected chi connectivity index (χ4v) is 7.80. The molecule has 0 saturated heterocycles. The van der Waals surface area contributed by atoms with Crippen LogP contribution in [-0.2, 0) is 20.4 Å². The standard InChI is InChI=1S/C15H16I2O2.C11H10I2O2.C4H7Cl/c1-9(2)8-19-14-12(16)6-11(7-13(14)17)15(4-5-15)10(3)18;1-6(14)11(2-3-11)7-4-8(12)10(15)9(13)5-7;1-4(2)3-5/h6-7H,1,4-5,8H2,2-3H3;4-5,15H,2-3H2,1H3;1,3H2,2H3. The van der Waals surface area contributed by atoms with Gasteiger partial charge >= 0.3 is 0 Å². The molecule has 0 spiro atoms. The number of hydrogen-bond donors (Lipinski definition) is 1. The maximum atomic E-state index is 11.8. The summed E-state index contributed by atoms with van der Waals surface area (Å²) >= 11 is 14.0. The molecule has 0 aliphatic heterocycles. The first-order valence-corrected chi connectivity index (χ1v) is 17.1. The van der Waals surface area contributed by atoms with E-state index in [-0.39, 0.29) is 22.4 Å². The van der Waals surface area contributed by atoms with Gasteiger partial charge in [-0.25, -0.2) is 0 Å². The first-order valence-electron chi connectivity index (χ1n) is 12.3. The minimum Gasteiger partial charge on any atom is -0.506 e. The Bertz CT molecular complexity index is 1230. The summed E-state index contributed by atoms with van der Waals surface area (Å²) in [7, 11) is 0. The van der Waals surface area contributed by atoms with Gasteiger partial charge in [-0.1, -0.05) is 18.7 Å². The quantitative estimate of drug-likeness (QED) is 0.163. The number of carbonyl (C=O) groups is 2. The fourth-order valence-electron chi connectivity index (χ4n) is 3.95. The number of aromatic hydroxyl groups is 1. The smallest absolute Gasteiger partial charge is 0.146 e. The van der Waals surface area contributed by atoms with Gasteiger partial charge in [0.05, 0.1) is 25.1 Å². The molecule has 9 heteroatoms. The molecule has 0 atom stereocenters. The normalized spacial score (nSPS) is 15.5. The largest absolute Gasteiger partial charge is 0.506 e. The van der Waals surface area contributed by atoms with Crippen molar-refractivity contribution in [1.29, 1.82) is 0 Å². The molecular formula is C30H33ClI4O4. The molecule has 0 heterocycles. The molecule has 212 valence electrons. The number of phenolic OH excluding ortho intramolecular Hbond substituents is 1. The van der Waals surface area contributed by atoms with E-state index in [4.69, 9.17) is 16.3 Å². The highest BCUT2D eigenvalue weighted by molar-refractivity contribution is 14.1. The molecule has 2 aliphatic carbocycles. The number of ketones is 2. The molecular weight excluding hydrogens is 967 g/mol. The monoisotopic (exact) mass is 1000 g/mol. The van der Waals surface area contributed by atoms with Crippen LogP contribution in [0.1, 0.15) is 64.5 Å². The number of alkyl halides is 1. The van der Waals surface area contributed by atoms with Gasteiger partial charge in [-0.15, -0.1) is 11.6 Å². The zero-order valence-corrected chi connectivity index (χ0v) is 31.9. The van der Waals surface area contributed by atoms with E-state index >= 15 is 0 Å². The van der Waals surface area contributed by atoms with Crippen LogP contribution in [0.5, 0.6) is 11.5 Å². The third kappa shape index (κ3) is 9.28. The number of allylic oxidation sites excluding steroid dienone is 1. The van der Waals surface area contributed by atoms with Crippen LogP contribution in [0.15, 0.2) is 48.6 Å². The Morgan fingerprint density at radius 2 is 1.13 bits per heavy atom. The van der Waals surface area contributed by atoms with Crippen LogP contribution in [0.2, 0.25) is 0 Å². The Labute approximate surface area is 291 Å². The van der Waals surface area contributed by atoms with Crippen LogP contribution in [-0.4, -0.2) is 29.2 Å². The van der Waals surface area contributed by atoms with E-state index < -0.39 is 0 Å². The Morgan fingerprint density at radius 1 is 0.795 bits per heavy atom. The van der Waals surface area contributed by atoms with Crippen molar-refractivity contribution in [2.75, 3.05) is 12.5 Å². The van der Waals surface area contributed by atoms with Gasteiger partial charge in [-0.05, 0) is 185 Å². The van der Waals surface area contributed by atoms with Crippen molar-refractivity contribution in [1.82, 2.24) is 0 Å². The van der Waals surface area contributed by atoms with Gasteiger partial charge < -0.3 is 9.84 Å². The first kappa shape index (κ1) is 35.3. The van der Waals surface area contributed by atoms with Crippen LogP contribution < -0.4 is 4.74 Å². The molecule has 0 radical (unpaired) electrons. The molecule has 0 bridgehead atoms. The third-order valence-corrected chi connectivity index (χ3v) is 10.4. The second-order valence-electron chi connectivity index (χ2n) is 10.2. The molecule has 39 heavy (non-hydrogen) atoms. The summed E-state index contributed by atoms with van der Waals surface area (Å²) < 4.78 is 9.55. The maximum absolute atomic E-state index is 11.8. The Balaban J connectivity index is 0.000000238. The molecule has 0 aromatic heterocycles. The second kappa shape index (κ2) is 15.0. The topological polar surface area (TPSA) is 63.6 Å². The highest BCUT2D eigenvalue weighted by Crippen LogP contribution is 2.51. The van der Waals surface area contributed by atoms with E-state index in [1.807, 2.05) is 26.0 Å². The third-order valence-electron chi connectivity index (χ3n) is 6.66. The Kier molecular flexibility index (Phi) is 13.6. The van der Waals surface area contributed by atoms with Gasteiger partial charge in [-0.3, -0.25) is 9.59 Å². The van der Waals surface area contributed by atoms with E-state index in [1.165, 1.54) is 0 Å². The highest BCUT2D eigenvalue weighted by Gasteiger charge is 2.49. The molecule has 2 aromatic rings. The maximum Gasteiger partial charge on any atom is 0.146 e. The minimum absolute atomic E-state index is 0.216. The molecule has 4 nitrogen and oxygen atoms in total. The van der Waals surface area contributed by atoms with Crippen molar-refractivity contribution >= 4 is 114 Å². The highest BCUT2D eigenvalue weighted by atomic mass is 127. The lowest BCUT2D eigenvalue weighted by Gasteiger charge is -2.16. The zero-order chi connectivity index (χ0) is 29.7. The predicted molar refractivity (Wildman–Crippen MR) is 194 cm³/mol. The molecule has 2 aliphatic rings. The van der Waals surface area contributed by atoms with Gasteiger partial charge in [0.15, 0.2) is 0 Å². The van der Waals surface area contributed by atoms with E-state index in [1.54, 1.807) is 13.8 Å². The molecule has 0 amide bonds. The predicted octanol–water partition coefficient (Wildman–Crippen LogP) is 9.49. The number of hydrogen-bond acceptors (Lipinski definition) is 4. The summed E-state index contributed by atoms with van der Waals surface area (Å²) in [5.41, 5.74) is 3.75. The van der Waals surface area contributed by atoms with Crippen LogP contribution in [0.3, 0.4) is 0 Å². The van der Waals surface area contributed by atoms with E-state index in [2.05, 4.69) is 116 Å². The number of rotatable bonds is 8. The lowest BCUT2D eigenvalue weighted by atomic mass is 9.92. The Morgan fingerprint density at radius 3 is 1.38 bits per heavy atom. The summed E-state index contributed by atoms with van der Waals surface area (Å²) in [5.74, 6) is 2.31. The van der Waals surface area contributed by atoms with E-state index in [0.717, 1.165) is 68.0 Å². The van der Waals surface area contributed by atoms with E-state index in [0.29, 0.717) is 18.2 Å². The van der Waals surface area contributed by atoms with Crippen molar-refractivity contribution in [3.63, 3.8) is 0 Å². The van der Waals surface area contributed by atoms with Crippen molar-refractivity contribution in [3.8, 4) is 11.5 Å². The van der Waals surface area contributed by atoms with Crippen LogP contribution in [0.25, 0.3) is 0 Å². The lowest BCUT2D eigenvalue weighted by Crippen LogP contribution is -2.17. The number of ether oxygens (including phenoxy) is 1. The van der Waals surface area contributed by atoms with Gasteiger partial charge in [0.2, 0.25) is 0 Å². The van der Waals surface area contributed by atoms with Crippen LogP contribution in [0.4, 0.5) is 0 Å². The van der Waals surface area contributed by atoms with Crippen LogP contribution in [0, 0.1) is 14.3 Å². The summed E-state index contributed by atoms with van der Waals surface area (Å²) in [4.78, 5) is 23.4. The summed E-state index contributed by atoms with van der Waals surface area (Å²) in [6.07, 6.45) is 3.83. The molecule has 0 unspecified atom stereocenters. The lowest BCUT2D eigenvalue weighted by molar-refractivity contribution is -0.120. The SMILES string of the molecule is C=C(C)CCl.C=C(C)COc1c(I)cc(C2(C(C)=O)CC2)cc1I.CC(=O)C1(c2cc(I)c(O)c(I)c2)CC1. The number of benzene rings is 2. The molecule has 4 rings (SSSR count). The van der Waals surface area contributed by atoms with Crippen molar-refractivity contribution in [3.05, 3.63) is 74.0 Å². The molecule has 2 fully saturated rings. The molecule has 2 saturated carbocycles. The first-order chi connectivity index (χ1) is 18.1. The summed E-state index contributed by atoms with van der Waals surface area (Å²) in [5, 5.41) is 9.66. The zero-order valence-electron chi connectivity index (χ0n) is 22.5. The van der Waals surface area contributed by atoms with Gasteiger partial charge in [0.25, 0.3) is 0 Å². The number of halogens is 5. The minimum atomic E-state index is -0.243. The molecule has 2 aromatic carbocycles. The average Bonchev–Trinajstić information content (AvgIpc) is 3.75. The average molecular weight is 1000 g/mol. The van der Waals surface area contributed by atoms with E-state index in [9.17, 15) is 14.7 Å². The summed E-state index contributed by atoms with van der Waals surface area (Å²) in [6.45, 7) is 15.1. The van der Waals surface area contributed by atoms with Crippen molar-refractivity contribution < 1.29 is 19.4 Å². The van der Waals surface area contributed by atoms with Gasteiger partial charge in [0, 0.05) is 5.88 Å². The van der Waals surface area contributed by atoms with Gasteiger partial charge in [0.1, 0.15) is 29.7 Å². The van der Waals surface area contributed by atoms with Crippen molar-refractivity contribution in [2.24, 2.45) is 0 Å². The van der Waals surface area contributed by atoms with Gasteiger partial charge in [-0.2, -0.15) is 0 Å². The fraction of sp³-hybridized carbons (Fsp3) is 0.400. The number of carbonyl (C=O) groups excluding carboxylic acids is 2.